The topological polar surface area (TPSA) is 61.8 Å². The van der Waals surface area contributed by atoms with Gasteiger partial charge in [-0.25, -0.2) is 0 Å². The first-order valence-electron chi connectivity index (χ1n) is 15.9. The first kappa shape index (κ1) is 28.3. The number of fused-ring (bicyclic) bond motifs is 5. The van der Waals surface area contributed by atoms with Crippen LogP contribution in [0.2, 0.25) is 0 Å². The maximum absolute atomic E-state index is 14.3. The molecule has 0 spiro atoms. The average molecular weight is 529 g/mol. The SMILES string of the molecule is CC=C1C(=O)[C@@H]2[C@H](CC[C@]3(C)[C@@H]([C@H](C)CCC(=O)OCC)CC[C@@H]23)[C@@]2(C)CC[C@@H](OC3CCCCO3)C[C@@H]12. The smallest absolute Gasteiger partial charge is 0.305 e. The predicted molar refractivity (Wildman–Crippen MR) is 148 cm³/mol. The molecule has 1 saturated heterocycles. The van der Waals surface area contributed by atoms with Gasteiger partial charge in [-0.1, -0.05) is 26.8 Å². The zero-order valence-corrected chi connectivity index (χ0v) is 24.6. The van der Waals surface area contributed by atoms with Crippen molar-refractivity contribution in [3.05, 3.63) is 11.6 Å². The Hall–Kier alpha value is -1.20. The second kappa shape index (κ2) is 11.4. The molecular weight excluding hydrogens is 476 g/mol. The molecule has 5 nitrogen and oxygen atoms in total. The van der Waals surface area contributed by atoms with Crippen LogP contribution in [0.15, 0.2) is 11.6 Å². The van der Waals surface area contributed by atoms with Crippen LogP contribution in [0.25, 0.3) is 0 Å². The van der Waals surface area contributed by atoms with Gasteiger partial charge in [0.1, 0.15) is 0 Å². The van der Waals surface area contributed by atoms with Crippen LogP contribution in [0.5, 0.6) is 0 Å². The van der Waals surface area contributed by atoms with E-state index >= 15 is 0 Å². The lowest BCUT2D eigenvalue weighted by Gasteiger charge is -2.61. The van der Waals surface area contributed by atoms with Crippen molar-refractivity contribution in [2.75, 3.05) is 13.2 Å². The Morgan fingerprint density at radius 3 is 2.55 bits per heavy atom. The highest BCUT2D eigenvalue weighted by Crippen LogP contribution is 2.68. The standard InChI is InChI=1S/C33H52O5/c1-6-23-27-20-22(38-29-10-8-9-19-37-29)15-17-33(27,5)26-16-18-32(4)24(12-13-25(32)30(26)31(23)35)21(3)11-14-28(34)36-7-2/h6,21-22,24-27,29-30H,7-20H2,1-5H3/t21-,22-,24-,25+,26+,27+,29?,30+,32-,33-/m1/s1. The van der Waals surface area contributed by atoms with Gasteiger partial charge in [0.25, 0.3) is 0 Å². The largest absolute Gasteiger partial charge is 0.466 e. The Kier molecular flexibility index (Phi) is 8.46. The summed E-state index contributed by atoms with van der Waals surface area (Å²) in [5, 5.41) is 0. The van der Waals surface area contributed by atoms with Gasteiger partial charge in [0.2, 0.25) is 0 Å². The van der Waals surface area contributed by atoms with Crippen molar-refractivity contribution >= 4 is 11.8 Å². The summed E-state index contributed by atoms with van der Waals surface area (Å²) in [6.45, 7) is 12.5. The van der Waals surface area contributed by atoms with Crippen LogP contribution < -0.4 is 0 Å². The van der Waals surface area contributed by atoms with Crippen molar-refractivity contribution in [1.29, 1.82) is 0 Å². The van der Waals surface area contributed by atoms with E-state index in [9.17, 15) is 9.59 Å². The third-order valence-corrected chi connectivity index (χ3v) is 12.0. The van der Waals surface area contributed by atoms with Crippen LogP contribution >= 0.6 is 0 Å². The second-order valence-electron chi connectivity index (χ2n) is 13.8. The summed E-state index contributed by atoms with van der Waals surface area (Å²) in [6.07, 6.45) is 14.9. The highest BCUT2D eigenvalue weighted by Gasteiger charge is 2.64. The molecular formula is C33H52O5. The number of allylic oxidation sites excluding steroid dienone is 2. The Labute approximate surface area is 230 Å². The summed E-state index contributed by atoms with van der Waals surface area (Å²) in [6, 6.07) is 0. The third kappa shape index (κ3) is 4.93. The first-order valence-corrected chi connectivity index (χ1v) is 15.9. The molecule has 5 aliphatic rings. The molecule has 0 radical (unpaired) electrons. The molecule has 5 rings (SSSR count). The molecule has 0 aromatic rings. The lowest BCUT2D eigenvalue weighted by atomic mass is 9.43. The third-order valence-electron chi connectivity index (χ3n) is 12.0. The summed E-state index contributed by atoms with van der Waals surface area (Å²) in [5.41, 5.74) is 1.45. The van der Waals surface area contributed by atoms with E-state index in [0.29, 0.717) is 48.4 Å². The molecule has 5 fully saturated rings. The molecule has 1 heterocycles. The summed E-state index contributed by atoms with van der Waals surface area (Å²) in [7, 11) is 0. The number of hydrogen-bond acceptors (Lipinski definition) is 5. The van der Waals surface area contributed by atoms with Gasteiger partial charge in [0, 0.05) is 18.9 Å². The van der Waals surface area contributed by atoms with Crippen molar-refractivity contribution in [2.24, 2.45) is 46.3 Å². The van der Waals surface area contributed by atoms with Crippen LogP contribution in [0.3, 0.4) is 0 Å². The van der Waals surface area contributed by atoms with Crippen molar-refractivity contribution in [1.82, 2.24) is 0 Å². The number of carbonyl (C=O) groups is 2. The second-order valence-corrected chi connectivity index (χ2v) is 13.8. The van der Waals surface area contributed by atoms with Crippen LogP contribution in [-0.2, 0) is 23.8 Å². The molecule has 38 heavy (non-hydrogen) atoms. The predicted octanol–water partition coefficient (Wildman–Crippen LogP) is 7.27. The minimum Gasteiger partial charge on any atom is -0.466 e. The van der Waals surface area contributed by atoms with Gasteiger partial charge < -0.3 is 14.2 Å². The van der Waals surface area contributed by atoms with E-state index in [1.165, 1.54) is 19.3 Å². The number of hydrogen-bond donors (Lipinski definition) is 0. The molecule has 4 aliphatic carbocycles. The summed E-state index contributed by atoms with van der Waals surface area (Å²) in [5.74, 6) is 2.82. The van der Waals surface area contributed by atoms with Crippen molar-refractivity contribution < 1.29 is 23.8 Å². The van der Waals surface area contributed by atoms with Crippen LogP contribution in [0.4, 0.5) is 0 Å². The van der Waals surface area contributed by atoms with Crippen molar-refractivity contribution in [3.8, 4) is 0 Å². The van der Waals surface area contributed by atoms with Gasteiger partial charge in [-0.3, -0.25) is 9.59 Å². The van der Waals surface area contributed by atoms with Gasteiger partial charge >= 0.3 is 5.97 Å². The quantitative estimate of drug-likeness (QED) is 0.197. The van der Waals surface area contributed by atoms with Gasteiger partial charge in [0.05, 0.1) is 12.7 Å². The normalized spacial score (nSPS) is 44.7. The van der Waals surface area contributed by atoms with E-state index < -0.39 is 0 Å². The van der Waals surface area contributed by atoms with E-state index in [-0.39, 0.29) is 35.1 Å². The molecule has 0 aromatic heterocycles. The minimum atomic E-state index is -0.0726. The maximum atomic E-state index is 14.3. The molecule has 5 heteroatoms. The minimum absolute atomic E-state index is 0.0594. The highest BCUT2D eigenvalue weighted by molar-refractivity contribution is 5.99. The van der Waals surface area contributed by atoms with Crippen LogP contribution in [-0.4, -0.2) is 37.4 Å². The van der Waals surface area contributed by atoms with Gasteiger partial charge in [-0.2, -0.15) is 0 Å². The fraction of sp³-hybridized carbons (Fsp3) is 0.879. The summed E-state index contributed by atoms with van der Waals surface area (Å²) in [4.78, 5) is 26.4. The fourth-order valence-electron chi connectivity index (χ4n) is 10.1. The molecule has 0 amide bonds. The molecule has 0 bridgehead atoms. The van der Waals surface area contributed by atoms with E-state index in [1.807, 2.05) is 6.92 Å². The van der Waals surface area contributed by atoms with Crippen LogP contribution in [0, 0.1) is 46.3 Å². The van der Waals surface area contributed by atoms with Crippen LogP contribution in [0.1, 0.15) is 112 Å². The number of carbonyl (C=O) groups excluding carboxylic acids is 2. The molecule has 214 valence electrons. The zero-order valence-electron chi connectivity index (χ0n) is 24.6. The number of Topliss-reactive ketones (excluding diaryl/α,β-unsaturated/α-hetero) is 1. The van der Waals surface area contributed by atoms with Crippen molar-refractivity contribution in [2.45, 2.75) is 124 Å². The highest BCUT2D eigenvalue weighted by atomic mass is 16.7. The van der Waals surface area contributed by atoms with E-state index in [2.05, 4.69) is 33.8 Å². The molecule has 10 atom stereocenters. The number of ether oxygens (including phenoxy) is 3. The molecule has 1 unspecified atom stereocenters. The van der Waals surface area contributed by atoms with E-state index in [0.717, 1.165) is 63.5 Å². The Morgan fingerprint density at radius 1 is 1.08 bits per heavy atom. The molecule has 1 aliphatic heterocycles. The van der Waals surface area contributed by atoms with E-state index in [1.54, 1.807) is 0 Å². The Bertz CT molecular complexity index is 905. The molecule has 0 N–H and O–H groups in total. The lowest BCUT2D eigenvalue weighted by Crippen LogP contribution is -2.58. The number of ketones is 1. The number of rotatable bonds is 7. The monoisotopic (exact) mass is 528 g/mol. The molecule has 0 aromatic carbocycles. The van der Waals surface area contributed by atoms with E-state index in [4.69, 9.17) is 14.2 Å². The first-order chi connectivity index (χ1) is 18.2. The van der Waals surface area contributed by atoms with Gasteiger partial charge in [-0.05, 0) is 130 Å². The maximum Gasteiger partial charge on any atom is 0.305 e. The van der Waals surface area contributed by atoms with Gasteiger partial charge in [-0.15, -0.1) is 0 Å². The Balaban J connectivity index is 1.32. The van der Waals surface area contributed by atoms with Crippen molar-refractivity contribution in [3.63, 3.8) is 0 Å². The average Bonchev–Trinajstić information content (AvgIpc) is 3.26. The fourth-order valence-corrected chi connectivity index (χ4v) is 10.1. The lowest BCUT2D eigenvalue weighted by molar-refractivity contribution is -0.207. The summed E-state index contributed by atoms with van der Waals surface area (Å²) >= 11 is 0. The summed E-state index contributed by atoms with van der Waals surface area (Å²) < 4.78 is 17.6. The zero-order chi connectivity index (χ0) is 27.1. The van der Waals surface area contributed by atoms with Gasteiger partial charge in [0.15, 0.2) is 12.1 Å². The number of esters is 1. The Morgan fingerprint density at radius 2 is 1.84 bits per heavy atom. The molecule has 4 saturated carbocycles.